The highest BCUT2D eigenvalue weighted by Crippen LogP contribution is 2.21. The Labute approximate surface area is 93.2 Å². The average molecular weight is 258 g/mol. The third-order valence-electron chi connectivity index (χ3n) is 2.71. The van der Waals surface area contributed by atoms with Gasteiger partial charge in [-0.3, -0.25) is 0 Å². The zero-order valence-corrected chi connectivity index (χ0v) is 10.1. The van der Waals surface area contributed by atoms with Crippen molar-refractivity contribution in [1.82, 2.24) is 9.55 Å². The number of hydrogen-bond acceptors (Lipinski definition) is 2. The fraction of sp³-hybridized carbons (Fsp3) is 0.700. The Morgan fingerprint density at radius 1 is 1.36 bits per heavy atom. The summed E-state index contributed by atoms with van der Waals surface area (Å²) in [6.45, 7) is 5.46. The molecule has 4 heteroatoms. The lowest BCUT2D eigenvalue weighted by Crippen LogP contribution is -2.31. The largest absolute Gasteiger partial charge is 0.342 e. The predicted molar refractivity (Wildman–Crippen MR) is 61.7 cm³/mol. The van der Waals surface area contributed by atoms with Gasteiger partial charge in [0.1, 0.15) is 4.60 Å². The molecule has 3 nitrogen and oxygen atoms in total. The number of hydrogen-bond donors (Lipinski definition) is 0. The van der Waals surface area contributed by atoms with Crippen LogP contribution < -0.4 is 4.90 Å². The SMILES string of the molecule is CCn1cc(Br)nc1N1CCCCC1. The smallest absolute Gasteiger partial charge is 0.206 e. The maximum Gasteiger partial charge on any atom is 0.206 e. The van der Waals surface area contributed by atoms with E-state index in [0.717, 1.165) is 30.2 Å². The first-order valence-corrected chi connectivity index (χ1v) is 6.08. The molecule has 0 aromatic carbocycles. The van der Waals surface area contributed by atoms with E-state index in [2.05, 4.69) is 43.5 Å². The van der Waals surface area contributed by atoms with Crippen LogP contribution in [0.3, 0.4) is 0 Å². The molecule has 2 heterocycles. The topological polar surface area (TPSA) is 21.1 Å². The molecule has 1 saturated heterocycles. The molecule has 1 aliphatic heterocycles. The second kappa shape index (κ2) is 4.34. The molecule has 0 unspecified atom stereocenters. The van der Waals surface area contributed by atoms with E-state index in [1.54, 1.807) is 0 Å². The van der Waals surface area contributed by atoms with Gasteiger partial charge in [-0.2, -0.15) is 0 Å². The molecule has 0 atom stereocenters. The molecule has 0 radical (unpaired) electrons. The highest BCUT2D eigenvalue weighted by atomic mass is 79.9. The Bertz CT molecular complexity index is 302. The minimum Gasteiger partial charge on any atom is -0.342 e. The lowest BCUT2D eigenvalue weighted by Gasteiger charge is -2.27. The normalized spacial score (nSPS) is 17.4. The first kappa shape index (κ1) is 10.0. The Kier molecular flexibility index (Phi) is 3.11. The van der Waals surface area contributed by atoms with Crippen LogP contribution in [0.25, 0.3) is 0 Å². The van der Waals surface area contributed by atoms with Gasteiger partial charge in [-0.1, -0.05) is 0 Å². The van der Waals surface area contributed by atoms with Gasteiger partial charge in [0.2, 0.25) is 5.95 Å². The second-order valence-electron chi connectivity index (χ2n) is 3.70. The van der Waals surface area contributed by atoms with Gasteiger partial charge in [0.15, 0.2) is 0 Å². The molecule has 14 heavy (non-hydrogen) atoms. The molecule has 0 N–H and O–H groups in total. The van der Waals surface area contributed by atoms with E-state index in [4.69, 9.17) is 0 Å². The molecule has 1 aromatic heterocycles. The van der Waals surface area contributed by atoms with Crippen LogP contribution in [-0.4, -0.2) is 22.6 Å². The zero-order chi connectivity index (χ0) is 9.97. The number of nitrogens with zero attached hydrogens (tertiary/aromatic N) is 3. The monoisotopic (exact) mass is 257 g/mol. The van der Waals surface area contributed by atoms with E-state index in [9.17, 15) is 0 Å². The number of rotatable bonds is 2. The predicted octanol–water partition coefficient (Wildman–Crippen LogP) is 2.66. The molecule has 0 saturated carbocycles. The minimum absolute atomic E-state index is 0.944. The van der Waals surface area contributed by atoms with Crippen molar-refractivity contribution in [2.45, 2.75) is 32.7 Å². The molecule has 1 aliphatic rings. The first-order chi connectivity index (χ1) is 6.81. The quantitative estimate of drug-likeness (QED) is 0.813. The summed E-state index contributed by atoms with van der Waals surface area (Å²) in [7, 11) is 0. The fourth-order valence-electron chi connectivity index (χ4n) is 1.95. The van der Waals surface area contributed by atoms with E-state index < -0.39 is 0 Å². The van der Waals surface area contributed by atoms with Crippen molar-refractivity contribution in [2.75, 3.05) is 18.0 Å². The molecular weight excluding hydrogens is 242 g/mol. The van der Waals surface area contributed by atoms with Crippen molar-refractivity contribution in [3.8, 4) is 0 Å². The van der Waals surface area contributed by atoms with Crippen molar-refractivity contribution in [1.29, 1.82) is 0 Å². The number of aromatic nitrogens is 2. The van der Waals surface area contributed by atoms with Crippen LogP contribution in [-0.2, 0) is 6.54 Å². The third-order valence-corrected chi connectivity index (χ3v) is 3.09. The Balaban J connectivity index is 2.20. The van der Waals surface area contributed by atoms with E-state index in [-0.39, 0.29) is 0 Å². The van der Waals surface area contributed by atoms with Crippen molar-refractivity contribution in [3.05, 3.63) is 10.8 Å². The third kappa shape index (κ3) is 1.95. The van der Waals surface area contributed by atoms with E-state index in [0.29, 0.717) is 0 Å². The summed E-state index contributed by atoms with van der Waals surface area (Å²) in [5.74, 6) is 1.12. The summed E-state index contributed by atoms with van der Waals surface area (Å²) in [4.78, 5) is 6.90. The van der Waals surface area contributed by atoms with Crippen LogP contribution in [0.2, 0.25) is 0 Å². The molecule has 1 fully saturated rings. The van der Waals surface area contributed by atoms with Crippen LogP contribution in [0.4, 0.5) is 5.95 Å². The van der Waals surface area contributed by atoms with E-state index in [1.165, 1.54) is 19.3 Å². The molecular formula is C10H16BrN3. The van der Waals surface area contributed by atoms with Gasteiger partial charge in [0.05, 0.1) is 0 Å². The maximum atomic E-state index is 4.51. The van der Waals surface area contributed by atoms with Crippen LogP contribution >= 0.6 is 15.9 Å². The van der Waals surface area contributed by atoms with Crippen LogP contribution in [0.15, 0.2) is 10.8 Å². The van der Waals surface area contributed by atoms with Crippen LogP contribution in [0.5, 0.6) is 0 Å². The summed E-state index contributed by atoms with van der Waals surface area (Å²) in [6, 6.07) is 0. The van der Waals surface area contributed by atoms with Crippen LogP contribution in [0.1, 0.15) is 26.2 Å². The molecule has 0 amide bonds. The Morgan fingerprint density at radius 3 is 2.71 bits per heavy atom. The molecule has 0 aliphatic carbocycles. The molecule has 0 bridgehead atoms. The van der Waals surface area contributed by atoms with Crippen molar-refractivity contribution < 1.29 is 0 Å². The van der Waals surface area contributed by atoms with Crippen molar-refractivity contribution in [3.63, 3.8) is 0 Å². The standard InChI is InChI=1S/C10H16BrN3/c1-2-13-8-9(11)12-10(13)14-6-4-3-5-7-14/h8H,2-7H2,1H3. The van der Waals surface area contributed by atoms with Crippen molar-refractivity contribution >= 4 is 21.9 Å². The summed E-state index contributed by atoms with van der Waals surface area (Å²) in [5, 5.41) is 0. The minimum atomic E-state index is 0.944. The van der Waals surface area contributed by atoms with Gasteiger partial charge in [0, 0.05) is 25.8 Å². The van der Waals surface area contributed by atoms with Crippen LogP contribution in [0, 0.1) is 0 Å². The van der Waals surface area contributed by atoms with Gasteiger partial charge in [0.25, 0.3) is 0 Å². The number of imidazole rings is 1. The number of aryl methyl sites for hydroxylation is 1. The molecule has 1 aromatic rings. The number of anilines is 1. The van der Waals surface area contributed by atoms with Gasteiger partial charge >= 0.3 is 0 Å². The lowest BCUT2D eigenvalue weighted by atomic mass is 10.1. The van der Waals surface area contributed by atoms with Gasteiger partial charge in [-0.05, 0) is 42.1 Å². The summed E-state index contributed by atoms with van der Waals surface area (Å²) in [6.07, 6.45) is 6.02. The first-order valence-electron chi connectivity index (χ1n) is 5.29. The fourth-order valence-corrected chi connectivity index (χ4v) is 2.36. The highest BCUT2D eigenvalue weighted by Gasteiger charge is 2.16. The van der Waals surface area contributed by atoms with Gasteiger partial charge in [-0.15, -0.1) is 0 Å². The second-order valence-corrected chi connectivity index (χ2v) is 4.51. The lowest BCUT2D eigenvalue weighted by molar-refractivity contribution is 0.556. The van der Waals surface area contributed by atoms with E-state index in [1.807, 2.05) is 0 Å². The van der Waals surface area contributed by atoms with Crippen molar-refractivity contribution in [2.24, 2.45) is 0 Å². The summed E-state index contributed by atoms with van der Waals surface area (Å²) in [5.41, 5.74) is 0. The zero-order valence-electron chi connectivity index (χ0n) is 8.54. The molecule has 2 rings (SSSR count). The average Bonchev–Trinajstić information content (AvgIpc) is 2.61. The number of piperidine rings is 1. The Hall–Kier alpha value is -0.510. The summed E-state index contributed by atoms with van der Waals surface area (Å²) < 4.78 is 3.15. The maximum absolute atomic E-state index is 4.51. The Morgan fingerprint density at radius 2 is 2.07 bits per heavy atom. The highest BCUT2D eigenvalue weighted by molar-refractivity contribution is 9.10. The van der Waals surface area contributed by atoms with E-state index >= 15 is 0 Å². The van der Waals surface area contributed by atoms with Gasteiger partial charge < -0.3 is 9.47 Å². The number of halogens is 1. The summed E-state index contributed by atoms with van der Waals surface area (Å²) >= 11 is 3.43. The molecule has 78 valence electrons. The van der Waals surface area contributed by atoms with Gasteiger partial charge in [-0.25, -0.2) is 4.98 Å². The molecule has 0 spiro atoms.